The zero-order valence-corrected chi connectivity index (χ0v) is 31.1. The summed E-state index contributed by atoms with van der Waals surface area (Å²) in [6.07, 6.45) is 1.79. The number of H-pyrrole nitrogens is 1. The van der Waals surface area contributed by atoms with E-state index in [1.54, 1.807) is 48.5 Å². The summed E-state index contributed by atoms with van der Waals surface area (Å²) in [5.41, 5.74) is 1.83. The van der Waals surface area contributed by atoms with Crippen LogP contribution in [0.25, 0.3) is 22.9 Å². The summed E-state index contributed by atoms with van der Waals surface area (Å²) in [6, 6.07) is 18.6. The van der Waals surface area contributed by atoms with Gasteiger partial charge < -0.3 is 28.5 Å². The van der Waals surface area contributed by atoms with Gasteiger partial charge in [0.25, 0.3) is 21.0 Å². The molecule has 0 saturated heterocycles. The average molecular weight is 801 g/mol. The SMILES string of the molecule is COc1ccccc1Oc1c(NS(=O)(=O)c2ccc(C(C)C)cn2)nc(-c2ccnc(-c3nn[nH]n3)c2)nc1OCCOC(=O)Oc1cccc(CO[N+](=O)[O-])c1. The van der Waals surface area contributed by atoms with Crippen molar-refractivity contribution in [1.29, 1.82) is 0 Å². The molecule has 0 amide bonds. The molecule has 6 aromatic rings. The van der Waals surface area contributed by atoms with E-state index >= 15 is 0 Å². The van der Waals surface area contributed by atoms with Crippen LogP contribution in [0.15, 0.2) is 90.2 Å². The van der Waals surface area contributed by atoms with Crippen LogP contribution in [-0.4, -0.2) is 80.5 Å². The van der Waals surface area contributed by atoms with Crippen LogP contribution in [-0.2, 0) is 26.2 Å². The summed E-state index contributed by atoms with van der Waals surface area (Å²) >= 11 is 0. The van der Waals surface area contributed by atoms with E-state index in [-0.39, 0.29) is 77.1 Å². The number of benzene rings is 2. The van der Waals surface area contributed by atoms with Crippen molar-refractivity contribution >= 4 is 22.0 Å². The first-order valence-corrected chi connectivity index (χ1v) is 18.2. The number of sulfonamides is 1. The van der Waals surface area contributed by atoms with E-state index in [0.717, 1.165) is 5.56 Å². The number of tetrazole rings is 1. The molecular formula is C35H32N10O11S. The number of hydrogen-bond donors (Lipinski definition) is 2. The maximum Gasteiger partial charge on any atom is 0.513 e. The molecule has 0 saturated carbocycles. The minimum Gasteiger partial charge on any atom is -0.493 e. The van der Waals surface area contributed by atoms with Crippen molar-refractivity contribution in [2.75, 3.05) is 25.0 Å². The van der Waals surface area contributed by atoms with Gasteiger partial charge in [-0.25, -0.2) is 14.8 Å². The molecule has 0 atom stereocenters. The fourth-order valence-electron chi connectivity index (χ4n) is 4.88. The number of para-hydroxylation sites is 2. The number of carbonyl (C=O) groups is 1. The number of nitrogens with one attached hydrogen (secondary N) is 2. The van der Waals surface area contributed by atoms with E-state index in [1.165, 1.54) is 43.8 Å². The molecule has 0 unspecified atom stereocenters. The van der Waals surface area contributed by atoms with E-state index in [9.17, 15) is 23.3 Å². The molecular weight excluding hydrogens is 769 g/mol. The van der Waals surface area contributed by atoms with Crippen LogP contribution in [0.5, 0.6) is 28.9 Å². The summed E-state index contributed by atoms with van der Waals surface area (Å²) in [7, 11) is -2.99. The first-order valence-electron chi connectivity index (χ1n) is 16.7. The number of rotatable bonds is 17. The maximum absolute atomic E-state index is 13.9. The third-order valence-electron chi connectivity index (χ3n) is 7.62. The van der Waals surface area contributed by atoms with Gasteiger partial charge in [0.15, 0.2) is 28.2 Å². The molecule has 57 heavy (non-hydrogen) atoms. The number of aromatic nitrogens is 8. The maximum atomic E-state index is 13.9. The fourth-order valence-corrected chi connectivity index (χ4v) is 5.82. The molecule has 0 spiro atoms. The Morgan fingerprint density at radius 3 is 2.51 bits per heavy atom. The minimum atomic E-state index is -4.41. The highest BCUT2D eigenvalue weighted by molar-refractivity contribution is 7.92. The molecule has 0 bridgehead atoms. The van der Waals surface area contributed by atoms with Crippen molar-refractivity contribution in [3.63, 3.8) is 0 Å². The minimum absolute atomic E-state index is 0.0427. The average Bonchev–Trinajstić information content (AvgIpc) is 3.75. The Bertz CT molecular complexity index is 2450. The third-order valence-corrected chi connectivity index (χ3v) is 8.87. The highest BCUT2D eigenvalue weighted by atomic mass is 32.2. The van der Waals surface area contributed by atoms with Gasteiger partial charge in [-0.2, -0.15) is 18.6 Å². The molecule has 2 N–H and O–H groups in total. The number of pyridine rings is 2. The lowest BCUT2D eigenvalue weighted by molar-refractivity contribution is -0.763. The largest absolute Gasteiger partial charge is 0.513 e. The van der Waals surface area contributed by atoms with Crippen LogP contribution >= 0.6 is 0 Å². The van der Waals surface area contributed by atoms with Crippen LogP contribution in [0, 0.1) is 10.1 Å². The smallest absolute Gasteiger partial charge is 0.493 e. The lowest BCUT2D eigenvalue weighted by Gasteiger charge is -2.18. The Morgan fingerprint density at radius 1 is 0.965 bits per heavy atom. The summed E-state index contributed by atoms with van der Waals surface area (Å²) in [5, 5.41) is 23.1. The molecule has 2 aromatic carbocycles. The molecule has 6 rings (SSSR count). The van der Waals surface area contributed by atoms with Crippen molar-refractivity contribution in [2.45, 2.75) is 31.4 Å². The van der Waals surface area contributed by atoms with Gasteiger partial charge in [-0.15, -0.1) is 20.3 Å². The van der Waals surface area contributed by atoms with Gasteiger partial charge in [-0.3, -0.25) is 9.71 Å². The highest BCUT2D eigenvalue weighted by Gasteiger charge is 2.27. The van der Waals surface area contributed by atoms with Gasteiger partial charge in [-0.1, -0.05) is 44.2 Å². The van der Waals surface area contributed by atoms with Crippen molar-refractivity contribution in [3.05, 3.63) is 106 Å². The number of methoxy groups -OCH3 is 1. The molecule has 4 aromatic heterocycles. The molecule has 21 nitrogen and oxygen atoms in total. The van der Waals surface area contributed by atoms with E-state index < -0.39 is 21.3 Å². The first kappa shape index (κ1) is 39.2. The second kappa shape index (κ2) is 17.8. The number of nitrogens with zero attached hydrogens (tertiary/aromatic N) is 8. The molecule has 4 heterocycles. The van der Waals surface area contributed by atoms with E-state index in [2.05, 4.69) is 50.1 Å². The van der Waals surface area contributed by atoms with Gasteiger partial charge in [0.05, 0.1) is 7.11 Å². The van der Waals surface area contributed by atoms with E-state index in [1.807, 2.05) is 13.8 Å². The molecule has 0 fully saturated rings. The van der Waals surface area contributed by atoms with Crippen LogP contribution in [0.4, 0.5) is 10.6 Å². The predicted molar refractivity (Wildman–Crippen MR) is 196 cm³/mol. The standard InChI is InChI=1S/C35H32N10O11S/c1-21(2)24-11-12-29(37-19-24)57(49,50)42-33-30(56-28-10-5-4-9-27(28)51-3)34(39-31(38-33)23-13-14-36-26(18-23)32-40-43-44-41-32)52-15-16-53-35(46)55-25-8-6-7-22(17-25)20-54-45(47)48/h4-14,17-19,21H,15-16,20H2,1-3H3,(H,38,39,42)(H,40,41,43,44). The van der Waals surface area contributed by atoms with Crippen molar-refractivity contribution in [3.8, 4) is 51.8 Å². The summed E-state index contributed by atoms with van der Waals surface area (Å²) in [4.78, 5) is 45.0. The Morgan fingerprint density at radius 2 is 1.79 bits per heavy atom. The normalized spacial score (nSPS) is 11.1. The Hall–Kier alpha value is -7.49. The zero-order chi connectivity index (χ0) is 40.4. The lowest BCUT2D eigenvalue weighted by Crippen LogP contribution is -2.18. The predicted octanol–water partition coefficient (Wildman–Crippen LogP) is 5.14. The lowest BCUT2D eigenvalue weighted by atomic mass is 10.1. The number of carbonyl (C=O) groups excluding carboxylic acids is 1. The number of aromatic amines is 1. The quantitative estimate of drug-likeness (QED) is 0.0397. The van der Waals surface area contributed by atoms with Crippen molar-refractivity contribution in [2.24, 2.45) is 0 Å². The molecule has 22 heteroatoms. The van der Waals surface area contributed by atoms with Gasteiger partial charge >= 0.3 is 6.16 Å². The van der Waals surface area contributed by atoms with Gasteiger partial charge in [-0.05, 0) is 64.7 Å². The number of anilines is 1. The molecule has 0 aliphatic heterocycles. The zero-order valence-electron chi connectivity index (χ0n) is 30.3. The van der Waals surface area contributed by atoms with Crippen LogP contribution < -0.4 is 23.7 Å². The molecule has 294 valence electrons. The van der Waals surface area contributed by atoms with Crippen molar-refractivity contribution < 1.29 is 46.8 Å². The first-order chi connectivity index (χ1) is 27.5. The fraction of sp³-hybridized carbons (Fsp3) is 0.200. The van der Waals surface area contributed by atoms with Gasteiger partial charge in [0.2, 0.25) is 11.6 Å². The van der Waals surface area contributed by atoms with E-state index in [4.69, 9.17) is 23.7 Å². The topological polar surface area (TPSA) is 268 Å². The van der Waals surface area contributed by atoms with Gasteiger partial charge in [0, 0.05) is 18.0 Å². The number of hydrogen-bond acceptors (Lipinski definition) is 18. The highest BCUT2D eigenvalue weighted by Crippen LogP contribution is 2.42. The molecule has 0 aliphatic rings. The Labute approximate surface area is 323 Å². The molecule has 0 radical (unpaired) electrons. The van der Waals surface area contributed by atoms with Crippen LogP contribution in [0.1, 0.15) is 30.9 Å². The van der Waals surface area contributed by atoms with Crippen LogP contribution in [0.3, 0.4) is 0 Å². The second-order valence-electron chi connectivity index (χ2n) is 11.8. The summed E-state index contributed by atoms with van der Waals surface area (Å²) < 4.78 is 58.2. The number of ether oxygens (including phenoxy) is 5. The van der Waals surface area contributed by atoms with Gasteiger partial charge in [0.1, 0.15) is 31.3 Å². The monoisotopic (exact) mass is 800 g/mol. The Kier molecular flexibility index (Phi) is 12.2. The Balaban J connectivity index is 1.34. The summed E-state index contributed by atoms with van der Waals surface area (Å²) in [6.45, 7) is 2.81. The van der Waals surface area contributed by atoms with E-state index in [0.29, 0.717) is 16.8 Å². The second-order valence-corrected chi connectivity index (χ2v) is 13.5. The summed E-state index contributed by atoms with van der Waals surface area (Å²) in [5.74, 6) is -0.218. The third kappa shape index (κ3) is 10.2. The van der Waals surface area contributed by atoms with Crippen molar-refractivity contribution in [1.82, 2.24) is 40.6 Å². The molecule has 0 aliphatic carbocycles. The van der Waals surface area contributed by atoms with Crippen LogP contribution in [0.2, 0.25) is 0 Å².